The predicted molar refractivity (Wildman–Crippen MR) is 163 cm³/mol. The number of hydrogen-bond acceptors (Lipinski definition) is 4. The van der Waals surface area contributed by atoms with Gasteiger partial charge in [0, 0.05) is 23.9 Å². The lowest BCUT2D eigenvalue weighted by molar-refractivity contribution is 0.0938. The summed E-state index contributed by atoms with van der Waals surface area (Å²) in [5.74, 6) is 0.201. The SMILES string of the molecule is CC(C)NC(=O)c1csc(CN(CCC(c2ccccc2)c2ccccc2)Cc2ccc(C(C)(C)C)cc2)n1. The zero-order valence-corrected chi connectivity index (χ0v) is 24.7. The fraction of sp³-hybridized carbons (Fsp3) is 0.353. The summed E-state index contributed by atoms with van der Waals surface area (Å²) in [6, 6.07) is 30.7. The van der Waals surface area contributed by atoms with E-state index in [1.54, 1.807) is 11.3 Å². The molecule has 5 heteroatoms. The van der Waals surface area contributed by atoms with Gasteiger partial charge < -0.3 is 5.32 Å². The van der Waals surface area contributed by atoms with Crippen LogP contribution in [0, 0.1) is 0 Å². The maximum atomic E-state index is 12.5. The van der Waals surface area contributed by atoms with E-state index in [9.17, 15) is 4.79 Å². The molecular formula is C34H41N3OS. The summed E-state index contributed by atoms with van der Waals surface area (Å²) in [5.41, 5.74) is 5.93. The quantitative estimate of drug-likeness (QED) is 0.211. The number of hydrogen-bond donors (Lipinski definition) is 1. The van der Waals surface area contributed by atoms with Crippen LogP contribution < -0.4 is 5.32 Å². The van der Waals surface area contributed by atoms with Crippen molar-refractivity contribution < 1.29 is 4.79 Å². The fourth-order valence-corrected chi connectivity index (χ4v) is 5.62. The molecule has 1 heterocycles. The molecule has 0 aliphatic heterocycles. The Morgan fingerprint density at radius 1 is 0.872 bits per heavy atom. The molecule has 0 unspecified atom stereocenters. The van der Waals surface area contributed by atoms with Crippen molar-refractivity contribution >= 4 is 17.2 Å². The summed E-state index contributed by atoms with van der Waals surface area (Å²) in [7, 11) is 0. The first kappa shape index (κ1) is 28.7. The topological polar surface area (TPSA) is 45.2 Å². The third-order valence-electron chi connectivity index (χ3n) is 6.93. The van der Waals surface area contributed by atoms with Crippen molar-refractivity contribution in [3.63, 3.8) is 0 Å². The molecule has 1 N–H and O–H groups in total. The van der Waals surface area contributed by atoms with Gasteiger partial charge in [0.05, 0.1) is 6.54 Å². The number of thiazole rings is 1. The normalized spacial score (nSPS) is 11.9. The molecule has 0 saturated carbocycles. The Kier molecular flexibility index (Phi) is 9.71. The Morgan fingerprint density at radius 3 is 2.00 bits per heavy atom. The van der Waals surface area contributed by atoms with Crippen molar-refractivity contribution in [3.8, 4) is 0 Å². The molecule has 0 atom stereocenters. The summed E-state index contributed by atoms with van der Waals surface area (Å²) in [6.45, 7) is 13.1. The summed E-state index contributed by atoms with van der Waals surface area (Å²) in [5, 5.41) is 5.79. The number of benzene rings is 3. The first-order valence-corrected chi connectivity index (χ1v) is 14.7. The fourth-order valence-electron chi connectivity index (χ4n) is 4.81. The van der Waals surface area contributed by atoms with Crippen molar-refractivity contribution in [1.29, 1.82) is 0 Å². The second-order valence-corrected chi connectivity index (χ2v) is 12.5. The highest BCUT2D eigenvalue weighted by atomic mass is 32.1. The average molecular weight is 540 g/mol. The van der Waals surface area contributed by atoms with Gasteiger partial charge in [0.15, 0.2) is 0 Å². The number of carbonyl (C=O) groups is 1. The largest absolute Gasteiger partial charge is 0.349 e. The second-order valence-electron chi connectivity index (χ2n) is 11.6. The molecule has 0 bridgehead atoms. The molecule has 1 amide bonds. The Balaban J connectivity index is 1.55. The van der Waals surface area contributed by atoms with Crippen molar-refractivity contribution in [2.45, 2.75) is 71.5 Å². The van der Waals surface area contributed by atoms with Gasteiger partial charge in [-0.1, -0.05) is 106 Å². The third kappa shape index (κ3) is 8.35. The summed E-state index contributed by atoms with van der Waals surface area (Å²) >= 11 is 1.56. The standard InChI is InChI=1S/C34H41N3OS/c1-25(2)35-33(38)31-24-39-32(36-31)23-37(22-26-16-18-29(19-17-26)34(3,4)5)21-20-30(27-12-8-6-9-13-27)28-14-10-7-11-15-28/h6-19,24-25,30H,20-23H2,1-5H3,(H,35,38). The molecule has 4 rings (SSSR count). The minimum Gasteiger partial charge on any atom is -0.349 e. The van der Waals surface area contributed by atoms with E-state index in [0.29, 0.717) is 18.2 Å². The predicted octanol–water partition coefficient (Wildman–Crippen LogP) is 7.80. The van der Waals surface area contributed by atoms with Crippen LogP contribution in [0.4, 0.5) is 0 Å². The van der Waals surface area contributed by atoms with Gasteiger partial charge in [-0.2, -0.15) is 0 Å². The molecule has 39 heavy (non-hydrogen) atoms. The monoisotopic (exact) mass is 539 g/mol. The molecule has 4 aromatic rings. The second kappa shape index (κ2) is 13.2. The average Bonchev–Trinajstić information content (AvgIpc) is 3.38. The number of rotatable bonds is 11. The van der Waals surface area contributed by atoms with E-state index in [1.165, 1.54) is 22.3 Å². The lowest BCUT2D eigenvalue weighted by atomic mass is 9.86. The molecule has 0 fully saturated rings. The molecule has 0 aliphatic carbocycles. The van der Waals surface area contributed by atoms with Gasteiger partial charge in [0.1, 0.15) is 10.7 Å². The molecule has 0 saturated heterocycles. The number of amides is 1. The lowest BCUT2D eigenvalue weighted by Crippen LogP contribution is -2.30. The van der Waals surface area contributed by atoms with Crippen LogP contribution >= 0.6 is 11.3 Å². The van der Waals surface area contributed by atoms with Gasteiger partial charge in [0.25, 0.3) is 5.91 Å². The molecule has 4 nitrogen and oxygen atoms in total. The molecule has 0 spiro atoms. The Morgan fingerprint density at radius 2 is 1.46 bits per heavy atom. The molecule has 1 aromatic heterocycles. The minimum absolute atomic E-state index is 0.0862. The van der Waals surface area contributed by atoms with Gasteiger partial charge in [0.2, 0.25) is 0 Å². The Bertz CT molecular complexity index is 1270. The molecule has 0 aliphatic rings. The maximum absolute atomic E-state index is 12.5. The smallest absolute Gasteiger partial charge is 0.270 e. The van der Waals surface area contributed by atoms with Gasteiger partial charge in [-0.25, -0.2) is 4.98 Å². The zero-order valence-electron chi connectivity index (χ0n) is 23.9. The molecule has 0 radical (unpaired) electrons. The van der Waals surface area contributed by atoms with Gasteiger partial charge >= 0.3 is 0 Å². The number of nitrogens with zero attached hydrogens (tertiary/aromatic N) is 2. The van der Waals surface area contributed by atoms with Crippen molar-refractivity contribution in [2.75, 3.05) is 6.54 Å². The van der Waals surface area contributed by atoms with Crippen LogP contribution in [-0.4, -0.2) is 28.4 Å². The van der Waals surface area contributed by atoms with E-state index >= 15 is 0 Å². The first-order valence-electron chi connectivity index (χ1n) is 13.9. The van der Waals surface area contributed by atoms with Gasteiger partial charge in [-0.15, -0.1) is 11.3 Å². The molecule has 204 valence electrons. The van der Waals surface area contributed by atoms with Crippen LogP contribution in [0.5, 0.6) is 0 Å². The summed E-state index contributed by atoms with van der Waals surface area (Å²) < 4.78 is 0. The van der Waals surface area contributed by atoms with E-state index in [1.807, 2.05) is 19.2 Å². The van der Waals surface area contributed by atoms with Crippen LogP contribution in [-0.2, 0) is 18.5 Å². The number of carbonyl (C=O) groups excluding carboxylic acids is 1. The van der Waals surface area contributed by atoms with Crippen LogP contribution in [0.2, 0.25) is 0 Å². The van der Waals surface area contributed by atoms with E-state index in [4.69, 9.17) is 4.98 Å². The number of nitrogens with one attached hydrogen (secondary N) is 1. The van der Waals surface area contributed by atoms with Crippen LogP contribution in [0.1, 0.15) is 84.7 Å². The van der Waals surface area contributed by atoms with Crippen LogP contribution in [0.25, 0.3) is 0 Å². The van der Waals surface area contributed by atoms with E-state index < -0.39 is 0 Å². The number of aromatic nitrogens is 1. The lowest BCUT2D eigenvalue weighted by Gasteiger charge is -2.26. The highest BCUT2D eigenvalue weighted by Crippen LogP contribution is 2.29. The van der Waals surface area contributed by atoms with E-state index in [-0.39, 0.29) is 17.4 Å². The third-order valence-corrected chi connectivity index (χ3v) is 7.76. The van der Waals surface area contributed by atoms with Crippen molar-refractivity contribution in [3.05, 3.63) is 123 Å². The van der Waals surface area contributed by atoms with Crippen LogP contribution in [0.3, 0.4) is 0 Å². The van der Waals surface area contributed by atoms with Gasteiger partial charge in [-0.3, -0.25) is 9.69 Å². The molecular weight excluding hydrogens is 498 g/mol. The van der Waals surface area contributed by atoms with Crippen LogP contribution in [0.15, 0.2) is 90.3 Å². The highest BCUT2D eigenvalue weighted by Gasteiger charge is 2.19. The zero-order chi connectivity index (χ0) is 27.8. The van der Waals surface area contributed by atoms with E-state index in [2.05, 4.69) is 116 Å². The summed E-state index contributed by atoms with van der Waals surface area (Å²) in [6.07, 6.45) is 0.986. The Hall–Kier alpha value is -3.28. The van der Waals surface area contributed by atoms with Crippen molar-refractivity contribution in [2.24, 2.45) is 0 Å². The van der Waals surface area contributed by atoms with Crippen molar-refractivity contribution in [1.82, 2.24) is 15.2 Å². The summed E-state index contributed by atoms with van der Waals surface area (Å²) in [4.78, 5) is 19.7. The Labute approximate surface area is 238 Å². The van der Waals surface area contributed by atoms with E-state index in [0.717, 1.165) is 24.5 Å². The highest BCUT2D eigenvalue weighted by molar-refractivity contribution is 7.09. The molecule has 3 aromatic carbocycles. The van der Waals surface area contributed by atoms with Gasteiger partial charge in [-0.05, 0) is 54.5 Å². The minimum atomic E-state index is -0.106. The maximum Gasteiger partial charge on any atom is 0.270 e. The first-order chi connectivity index (χ1) is 18.7.